The summed E-state index contributed by atoms with van der Waals surface area (Å²) in [5, 5.41) is 10.8. The minimum absolute atomic E-state index is 0.663. The average molecular weight is 235 g/mol. The van der Waals surface area contributed by atoms with E-state index >= 15 is 0 Å². The fourth-order valence-corrected chi connectivity index (χ4v) is 1.62. The number of nitrogens with one attached hydrogen (secondary N) is 2. The second-order valence-electron chi connectivity index (χ2n) is 4.47. The van der Waals surface area contributed by atoms with Gasteiger partial charge in [-0.2, -0.15) is 5.10 Å². The lowest BCUT2D eigenvalue weighted by molar-refractivity contribution is 0.702. The highest BCUT2D eigenvalue weighted by molar-refractivity contribution is 5.79. The van der Waals surface area contributed by atoms with Gasteiger partial charge < -0.3 is 10.6 Å². The number of guanidine groups is 1. The van der Waals surface area contributed by atoms with Gasteiger partial charge >= 0.3 is 0 Å². The van der Waals surface area contributed by atoms with Crippen molar-refractivity contribution in [3.63, 3.8) is 0 Å². The topological polar surface area (TPSA) is 54.2 Å². The maximum Gasteiger partial charge on any atom is 0.191 e. The molecule has 0 unspecified atom stereocenters. The molecular formula is C12H21N5. The second-order valence-corrected chi connectivity index (χ2v) is 4.47. The molecule has 0 atom stereocenters. The van der Waals surface area contributed by atoms with Crippen LogP contribution in [0, 0.1) is 5.92 Å². The summed E-state index contributed by atoms with van der Waals surface area (Å²) in [6.45, 7) is 4.67. The van der Waals surface area contributed by atoms with E-state index in [1.54, 1.807) is 6.20 Å². The summed E-state index contributed by atoms with van der Waals surface area (Å²) in [6, 6.07) is 1.99. The maximum atomic E-state index is 4.55. The van der Waals surface area contributed by atoms with Gasteiger partial charge in [0.2, 0.25) is 0 Å². The molecule has 1 aliphatic carbocycles. The molecule has 0 radical (unpaired) electrons. The van der Waals surface area contributed by atoms with Crippen molar-refractivity contribution in [1.82, 2.24) is 20.4 Å². The predicted octanol–water partition coefficient (Wildman–Crippen LogP) is 0.885. The summed E-state index contributed by atoms with van der Waals surface area (Å²) in [5.41, 5.74) is 1.12. The van der Waals surface area contributed by atoms with E-state index in [0.29, 0.717) is 6.54 Å². The Morgan fingerprint density at radius 1 is 1.53 bits per heavy atom. The van der Waals surface area contributed by atoms with Crippen LogP contribution in [0.15, 0.2) is 17.3 Å². The molecule has 1 aliphatic rings. The summed E-state index contributed by atoms with van der Waals surface area (Å²) < 4.78 is 1.86. The lowest BCUT2D eigenvalue weighted by Gasteiger charge is -2.10. The fourth-order valence-electron chi connectivity index (χ4n) is 1.62. The summed E-state index contributed by atoms with van der Waals surface area (Å²) in [5.74, 6) is 1.76. The number of nitrogens with zero attached hydrogens (tertiary/aromatic N) is 3. The summed E-state index contributed by atoms with van der Waals surface area (Å²) in [7, 11) is 1.94. The Kier molecular flexibility index (Phi) is 4.01. The van der Waals surface area contributed by atoms with Gasteiger partial charge in [0.1, 0.15) is 0 Å². The van der Waals surface area contributed by atoms with E-state index in [4.69, 9.17) is 0 Å². The first-order chi connectivity index (χ1) is 8.29. The normalized spacial score (nSPS) is 16.0. The highest BCUT2D eigenvalue weighted by atomic mass is 15.3. The van der Waals surface area contributed by atoms with E-state index in [1.165, 1.54) is 12.8 Å². The first-order valence-corrected chi connectivity index (χ1v) is 6.28. The van der Waals surface area contributed by atoms with Crippen molar-refractivity contribution in [3.05, 3.63) is 18.0 Å². The highest BCUT2D eigenvalue weighted by Gasteiger charge is 2.20. The van der Waals surface area contributed by atoms with Crippen molar-refractivity contribution in [2.45, 2.75) is 26.3 Å². The van der Waals surface area contributed by atoms with Crippen LogP contribution < -0.4 is 10.6 Å². The maximum absolute atomic E-state index is 4.55. The Labute approximate surface area is 102 Å². The minimum Gasteiger partial charge on any atom is -0.357 e. The SMILES string of the molecule is CCNC(=NCc1ccnn1C)NCC1CC1. The number of hydrogen-bond acceptors (Lipinski definition) is 2. The molecule has 5 nitrogen and oxygen atoms in total. The van der Waals surface area contributed by atoms with Crippen LogP contribution in [0.4, 0.5) is 0 Å². The van der Waals surface area contributed by atoms with E-state index in [2.05, 4.69) is 27.6 Å². The molecule has 1 fully saturated rings. The third-order valence-electron chi connectivity index (χ3n) is 2.92. The van der Waals surface area contributed by atoms with Crippen LogP contribution in [0.5, 0.6) is 0 Å². The Bertz CT molecular complexity index is 378. The molecule has 1 saturated carbocycles. The number of aryl methyl sites for hydroxylation is 1. The zero-order valence-electron chi connectivity index (χ0n) is 10.6. The molecule has 0 saturated heterocycles. The van der Waals surface area contributed by atoms with E-state index in [9.17, 15) is 0 Å². The lowest BCUT2D eigenvalue weighted by atomic mass is 10.4. The Morgan fingerprint density at radius 3 is 2.94 bits per heavy atom. The zero-order valence-corrected chi connectivity index (χ0v) is 10.6. The standard InChI is InChI=1S/C12H21N5/c1-3-13-12(14-8-10-4-5-10)15-9-11-6-7-16-17(11)2/h6-7,10H,3-5,8-9H2,1-2H3,(H2,13,14,15). The van der Waals surface area contributed by atoms with Crippen molar-refractivity contribution >= 4 is 5.96 Å². The van der Waals surface area contributed by atoms with Crippen LogP contribution in [0.3, 0.4) is 0 Å². The minimum atomic E-state index is 0.663. The molecule has 0 amide bonds. The van der Waals surface area contributed by atoms with Crippen molar-refractivity contribution in [2.24, 2.45) is 18.0 Å². The van der Waals surface area contributed by atoms with Crippen LogP contribution in [0.1, 0.15) is 25.5 Å². The summed E-state index contributed by atoms with van der Waals surface area (Å²) in [4.78, 5) is 4.55. The molecule has 0 spiro atoms. The third-order valence-corrected chi connectivity index (χ3v) is 2.92. The van der Waals surface area contributed by atoms with E-state index in [1.807, 2.05) is 17.8 Å². The third kappa shape index (κ3) is 3.76. The molecule has 1 aromatic heterocycles. The monoisotopic (exact) mass is 235 g/mol. The summed E-state index contributed by atoms with van der Waals surface area (Å²) in [6.07, 6.45) is 4.51. The lowest BCUT2D eigenvalue weighted by Crippen LogP contribution is -2.38. The molecule has 2 N–H and O–H groups in total. The van der Waals surface area contributed by atoms with E-state index in [0.717, 1.165) is 30.7 Å². The summed E-state index contributed by atoms with van der Waals surface area (Å²) >= 11 is 0. The molecule has 0 aromatic carbocycles. The molecule has 5 heteroatoms. The first-order valence-electron chi connectivity index (χ1n) is 6.28. The molecule has 0 aliphatic heterocycles. The average Bonchev–Trinajstić information content (AvgIpc) is 3.06. The molecule has 94 valence electrons. The molecular weight excluding hydrogens is 214 g/mol. The van der Waals surface area contributed by atoms with Crippen LogP contribution in [-0.2, 0) is 13.6 Å². The number of aromatic nitrogens is 2. The smallest absolute Gasteiger partial charge is 0.191 e. The van der Waals surface area contributed by atoms with Gasteiger partial charge in [0.05, 0.1) is 12.2 Å². The van der Waals surface area contributed by atoms with Gasteiger partial charge in [-0.25, -0.2) is 4.99 Å². The Balaban J connectivity index is 1.86. The van der Waals surface area contributed by atoms with E-state index < -0.39 is 0 Å². The van der Waals surface area contributed by atoms with Gasteiger partial charge in [0, 0.05) is 26.3 Å². The van der Waals surface area contributed by atoms with Gasteiger partial charge in [0.25, 0.3) is 0 Å². The Hall–Kier alpha value is -1.52. The second kappa shape index (κ2) is 5.70. The number of aliphatic imine (C=N–C) groups is 1. The van der Waals surface area contributed by atoms with E-state index in [-0.39, 0.29) is 0 Å². The van der Waals surface area contributed by atoms with Gasteiger partial charge in [-0.3, -0.25) is 4.68 Å². The molecule has 1 heterocycles. The molecule has 1 aromatic rings. The van der Waals surface area contributed by atoms with Crippen LogP contribution in [0.25, 0.3) is 0 Å². The fraction of sp³-hybridized carbons (Fsp3) is 0.667. The van der Waals surface area contributed by atoms with Crippen molar-refractivity contribution in [3.8, 4) is 0 Å². The zero-order chi connectivity index (χ0) is 12.1. The van der Waals surface area contributed by atoms with Crippen molar-refractivity contribution < 1.29 is 0 Å². The van der Waals surface area contributed by atoms with Crippen LogP contribution in [0.2, 0.25) is 0 Å². The van der Waals surface area contributed by atoms with Crippen molar-refractivity contribution in [2.75, 3.05) is 13.1 Å². The number of rotatable bonds is 5. The first kappa shape index (κ1) is 12.0. The van der Waals surface area contributed by atoms with Crippen LogP contribution >= 0.6 is 0 Å². The highest BCUT2D eigenvalue weighted by Crippen LogP contribution is 2.27. The van der Waals surface area contributed by atoms with Crippen LogP contribution in [-0.4, -0.2) is 28.8 Å². The quantitative estimate of drug-likeness (QED) is 0.588. The van der Waals surface area contributed by atoms with Gasteiger partial charge in [0.15, 0.2) is 5.96 Å². The molecule has 2 rings (SSSR count). The largest absolute Gasteiger partial charge is 0.357 e. The molecule has 17 heavy (non-hydrogen) atoms. The molecule has 0 bridgehead atoms. The van der Waals surface area contributed by atoms with Gasteiger partial charge in [-0.05, 0) is 31.7 Å². The predicted molar refractivity (Wildman–Crippen MR) is 68.8 cm³/mol. The van der Waals surface area contributed by atoms with Gasteiger partial charge in [-0.1, -0.05) is 0 Å². The Morgan fingerprint density at radius 2 is 2.35 bits per heavy atom. The van der Waals surface area contributed by atoms with Gasteiger partial charge in [-0.15, -0.1) is 0 Å². The number of hydrogen-bond donors (Lipinski definition) is 2. The van der Waals surface area contributed by atoms with Crippen molar-refractivity contribution in [1.29, 1.82) is 0 Å².